The number of nitrogens with zero attached hydrogens (tertiary/aromatic N) is 1. The van der Waals surface area contributed by atoms with Crippen molar-refractivity contribution in [3.05, 3.63) is 135 Å². The van der Waals surface area contributed by atoms with Gasteiger partial charge in [-0.25, -0.2) is 13.1 Å². The van der Waals surface area contributed by atoms with Crippen LogP contribution in [0.1, 0.15) is 22.7 Å². The second kappa shape index (κ2) is 10.8. The van der Waals surface area contributed by atoms with Gasteiger partial charge in [0.05, 0.1) is 17.0 Å². The number of hydrogen-bond donors (Lipinski definition) is 1. The minimum atomic E-state index is -4.01. The van der Waals surface area contributed by atoms with E-state index in [1.807, 2.05) is 49.4 Å². The molecule has 5 rings (SSSR count). The van der Waals surface area contributed by atoms with Crippen LogP contribution < -0.4 is 9.62 Å². The van der Waals surface area contributed by atoms with Crippen molar-refractivity contribution in [3.8, 4) is 0 Å². The third kappa shape index (κ3) is 5.26. The highest BCUT2D eigenvalue weighted by molar-refractivity contribution is 7.89. The third-order valence-corrected chi connectivity index (χ3v) is 8.51. The van der Waals surface area contributed by atoms with Gasteiger partial charge >= 0.3 is 0 Å². The highest BCUT2D eigenvalue weighted by Crippen LogP contribution is 2.43. The Balaban J connectivity index is 1.71. The van der Waals surface area contributed by atoms with E-state index in [0.717, 1.165) is 11.1 Å². The van der Waals surface area contributed by atoms with Crippen molar-refractivity contribution in [2.75, 3.05) is 4.90 Å². The molecule has 1 aliphatic heterocycles. The van der Waals surface area contributed by atoms with Crippen molar-refractivity contribution in [2.24, 2.45) is 0 Å². The Hall–Kier alpha value is -3.42. The van der Waals surface area contributed by atoms with Crippen molar-refractivity contribution < 1.29 is 13.2 Å². The monoisotopic (exact) mass is 562 g/mol. The first-order valence-corrected chi connectivity index (χ1v) is 14.2. The molecule has 1 aliphatic rings. The van der Waals surface area contributed by atoms with Crippen molar-refractivity contribution in [2.45, 2.75) is 23.9 Å². The minimum Gasteiger partial charge on any atom is -0.299 e. The van der Waals surface area contributed by atoms with Crippen LogP contribution >= 0.6 is 23.2 Å². The van der Waals surface area contributed by atoms with Gasteiger partial charge in [-0.3, -0.25) is 9.69 Å². The van der Waals surface area contributed by atoms with Crippen LogP contribution in [0.25, 0.3) is 6.08 Å². The zero-order valence-corrected chi connectivity index (χ0v) is 22.7. The smallest absolute Gasteiger partial charge is 0.256 e. The molecule has 0 aromatic heterocycles. The van der Waals surface area contributed by atoms with Gasteiger partial charge in [-0.1, -0.05) is 89.4 Å². The summed E-state index contributed by atoms with van der Waals surface area (Å²) >= 11 is 12.8. The summed E-state index contributed by atoms with van der Waals surface area (Å²) in [6, 6.07) is 28.2. The van der Waals surface area contributed by atoms with E-state index in [-0.39, 0.29) is 10.8 Å². The van der Waals surface area contributed by atoms with E-state index in [9.17, 15) is 13.2 Å². The fourth-order valence-corrected chi connectivity index (χ4v) is 6.19. The van der Waals surface area contributed by atoms with Crippen LogP contribution in [0.15, 0.2) is 114 Å². The molecule has 0 aliphatic carbocycles. The molecule has 0 radical (unpaired) electrons. The standard InChI is InChI=1S/C30H24Cl2N2O3S/c1-20-11-17-24(18-12-20)38(36,37)33-28-26(19-21-7-3-2-4-8-21)30(35)34(23-15-13-22(31)14-16-23)29(28)25-9-5-6-10-27(25)32/h2-19,28-29,33H,1H3/b26-19+/t28-,29+/m0/s1. The number of halogens is 2. The lowest BCUT2D eigenvalue weighted by Crippen LogP contribution is -2.40. The van der Waals surface area contributed by atoms with Gasteiger partial charge in [-0.05, 0) is 66.6 Å². The van der Waals surface area contributed by atoms with Gasteiger partial charge in [0, 0.05) is 21.3 Å². The number of carbonyl (C=O) groups is 1. The summed E-state index contributed by atoms with van der Waals surface area (Å²) in [6.07, 6.45) is 1.73. The van der Waals surface area contributed by atoms with Gasteiger partial charge in [0.15, 0.2) is 0 Å². The number of anilines is 1. The molecule has 1 N–H and O–H groups in total. The second-order valence-corrected chi connectivity index (χ2v) is 11.6. The molecule has 1 heterocycles. The van der Waals surface area contributed by atoms with Crippen LogP contribution in [0.3, 0.4) is 0 Å². The molecule has 2 atom stereocenters. The van der Waals surface area contributed by atoms with Crippen LogP contribution in [0, 0.1) is 6.92 Å². The molecule has 38 heavy (non-hydrogen) atoms. The van der Waals surface area contributed by atoms with E-state index in [1.54, 1.807) is 71.6 Å². The predicted octanol–water partition coefficient (Wildman–Crippen LogP) is 6.82. The molecule has 5 nitrogen and oxygen atoms in total. The Morgan fingerprint density at radius 1 is 0.816 bits per heavy atom. The molecule has 0 saturated carbocycles. The molecule has 1 saturated heterocycles. The number of carbonyl (C=O) groups excluding carboxylic acids is 1. The van der Waals surface area contributed by atoms with E-state index in [4.69, 9.17) is 23.2 Å². The molecule has 1 amide bonds. The first kappa shape index (κ1) is 26.2. The van der Waals surface area contributed by atoms with E-state index in [0.29, 0.717) is 26.9 Å². The first-order valence-electron chi connectivity index (χ1n) is 11.9. The largest absolute Gasteiger partial charge is 0.299 e. The van der Waals surface area contributed by atoms with E-state index < -0.39 is 22.1 Å². The maximum absolute atomic E-state index is 14.1. The van der Waals surface area contributed by atoms with Crippen LogP contribution in [-0.2, 0) is 14.8 Å². The molecule has 0 unspecified atom stereocenters. The van der Waals surface area contributed by atoms with Gasteiger partial charge in [-0.15, -0.1) is 0 Å². The molecular weight excluding hydrogens is 539 g/mol. The summed E-state index contributed by atoms with van der Waals surface area (Å²) < 4.78 is 30.1. The molecule has 8 heteroatoms. The Morgan fingerprint density at radius 3 is 2.11 bits per heavy atom. The maximum atomic E-state index is 14.1. The molecule has 1 fully saturated rings. The summed E-state index contributed by atoms with van der Waals surface area (Å²) in [5, 5.41) is 0.941. The average molecular weight is 564 g/mol. The van der Waals surface area contributed by atoms with Crippen LogP contribution in [-0.4, -0.2) is 20.4 Å². The van der Waals surface area contributed by atoms with E-state index in [1.165, 1.54) is 0 Å². The van der Waals surface area contributed by atoms with Crippen molar-refractivity contribution in [3.63, 3.8) is 0 Å². The lowest BCUT2D eigenvalue weighted by Gasteiger charge is -2.29. The first-order chi connectivity index (χ1) is 18.2. The number of hydrogen-bond acceptors (Lipinski definition) is 3. The molecule has 0 bridgehead atoms. The number of aryl methyl sites for hydroxylation is 1. The van der Waals surface area contributed by atoms with Gasteiger partial charge in [-0.2, -0.15) is 0 Å². The summed E-state index contributed by atoms with van der Waals surface area (Å²) in [7, 11) is -4.01. The topological polar surface area (TPSA) is 66.5 Å². The van der Waals surface area contributed by atoms with Crippen molar-refractivity contribution in [1.29, 1.82) is 0 Å². The molecule has 192 valence electrons. The molecule has 4 aromatic rings. The van der Waals surface area contributed by atoms with E-state index >= 15 is 0 Å². The molecule has 4 aromatic carbocycles. The maximum Gasteiger partial charge on any atom is 0.256 e. The number of amides is 1. The lowest BCUT2D eigenvalue weighted by atomic mass is 9.96. The summed E-state index contributed by atoms with van der Waals surface area (Å²) in [5.74, 6) is -0.335. The molecule has 0 spiro atoms. The Bertz CT molecular complexity index is 1600. The highest BCUT2D eigenvalue weighted by Gasteiger charge is 2.48. The summed E-state index contributed by atoms with van der Waals surface area (Å²) in [4.78, 5) is 15.8. The predicted molar refractivity (Wildman–Crippen MR) is 153 cm³/mol. The van der Waals surface area contributed by atoms with Crippen molar-refractivity contribution in [1.82, 2.24) is 4.72 Å². The number of sulfonamides is 1. The number of benzene rings is 4. The quantitative estimate of drug-likeness (QED) is 0.262. The SMILES string of the molecule is Cc1ccc(S(=O)(=O)N[C@H]2/C(=C\c3ccccc3)C(=O)N(c3ccc(Cl)cc3)[C@@H]2c2ccccc2Cl)cc1. The Labute approximate surface area is 232 Å². The Kier molecular flexibility index (Phi) is 7.41. The normalized spacial score (nSPS) is 18.8. The fourth-order valence-electron chi connectivity index (χ4n) is 4.59. The van der Waals surface area contributed by atoms with Gasteiger partial charge in [0.2, 0.25) is 10.0 Å². The summed E-state index contributed by atoms with van der Waals surface area (Å²) in [5.41, 5.74) is 3.19. The van der Waals surface area contributed by atoms with E-state index in [2.05, 4.69) is 4.72 Å². The van der Waals surface area contributed by atoms with Crippen LogP contribution in [0.2, 0.25) is 10.0 Å². The van der Waals surface area contributed by atoms with Crippen LogP contribution in [0.4, 0.5) is 5.69 Å². The molecular formula is C30H24Cl2N2O3S. The lowest BCUT2D eigenvalue weighted by molar-refractivity contribution is -0.114. The fraction of sp³-hybridized carbons (Fsp3) is 0.100. The highest BCUT2D eigenvalue weighted by atomic mass is 35.5. The third-order valence-electron chi connectivity index (χ3n) is 6.46. The zero-order chi connectivity index (χ0) is 26.9. The van der Waals surface area contributed by atoms with Gasteiger partial charge < -0.3 is 0 Å². The summed E-state index contributed by atoms with van der Waals surface area (Å²) in [6.45, 7) is 1.89. The average Bonchev–Trinajstić information content (AvgIpc) is 3.16. The Morgan fingerprint density at radius 2 is 1.45 bits per heavy atom. The van der Waals surface area contributed by atoms with Crippen LogP contribution in [0.5, 0.6) is 0 Å². The zero-order valence-electron chi connectivity index (χ0n) is 20.4. The van der Waals surface area contributed by atoms with Gasteiger partial charge in [0.25, 0.3) is 5.91 Å². The van der Waals surface area contributed by atoms with Gasteiger partial charge in [0.1, 0.15) is 0 Å². The number of nitrogens with one attached hydrogen (secondary N) is 1. The van der Waals surface area contributed by atoms with Crippen molar-refractivity contribution >= 4 is 50.9 Å². The number of rotatable bonds is 6. The minimum absolute atomic E-state index is 0.109. The second-order valence-electron chi connectivity index (χ2n) is 9.04.